The fourth-order valence-electron chi connectivity index (χ4n) is 1.88. The van der Waals surface area contributed by atoms with Crippen molar-refractivity contribution in [2.45, 2.75) is 36.1 Å². The van der Waals surface area contributed by atoms with E-state index in [2.05, 4.69) is 9.71 Å². The van der Waals surface area contributed by atoms with E-state index in [0.717, 1.165) is 11.3 Å². The van der Waals surface area contributed by atoms with Gasteiger partial charge < -0.3 is 9.84 Å². The zero-order valence-corrected chi connectivity index (χ0v) is 11.8. The van der Waals surface area contributed by atoms with Crippen molar-refractivity contribution in [3.63, 3.8) is 0 Å². The van der Waals surface area contributed by atoms with Crippen LogP contribution in [0.4, 0.5) is 0 Å². The molecule has 1 aliphatic carbocycles. The lowest BCUT2D eigenvalue weighted by atomic mass is 9.90. The summed E-state index contributed by atoms with van der Waals surface area (Å²) in [6.45, 7) is 2.48. The number of nitrogens with one attached hydrogen (secondary N) is 1. The average molecular weight is 306 g/mol. The zero-order chi connectivity index (χ0) is 14.0. The first-order valence-electron chi connectivity index (χ1n) is 5.74. The molecule has 0 aliphatic heterocycles. The van der Waals surface area contributed by atoms with E-state index >= 15 is 0 Å². The van der Waals surface area contributed by atoms with Crippen molar-refractivity contribution >= 4 is 27.3 Å². The van der Waals surface area contributed by atoms with Crippen LogP contribution in [0.2, 0.25) is 0 Å². The Labute approximate surface area is 114 Å². The largest absolute Gasteiger partial charge is 0.476 e. The Hall–Kier alpha value is -1.03. The summed E-state index contributed by atoms with van der Waals surface area (Å²) < 4.78 is 31.6. The second-order valence-corrected chi connectivity index (χ2v) is 6.92. The number of aromatic carboxylic acids is 1. The van der Waals surface area contributed by atoms with Crippen LogP contribution < -0.4 is 4.72 Å². The van der Waals surface area contributed by atoms with Crippen molar-refractivity contribution in [3.05, 3.63) is 11.2 Å². The van der Waals surface area contributed by atoms with Gasteiger partial charge in [0.1, 0.15) is 0 Å². The zero-order valence-electron chi connectivity index (χ0n) is 10.2. The Morgan fingerprint density at radius 2 is 2.32 bits per heavy atom. The maximum Gasteiger partial charge on any atom is 0.356 e. The molecule has 0 spiro atoms. The molecule has 1 aromatic heterocycles. The molecule has 1 aromatic rings. The van der Waals surface area contributed by atoms with Gasteiger partial charge in [0.25, 0.3) is 10.0 Å². The summed E-state index contributed by atoms with van der Waals surface area (Å²) in [4.78, 5) is 14.4. The van der Waals surface area contributed by atoms with Crippen LogP contribution in [0.15, 0.2) is 9.72 Å². The highest BCUT2D eigenvalue weighted by molar-refractivity contribution is 7.91. The van der Waals surface area contributed by atoms with E-state index in [1.54, 1.807) is 0 Å². The van der Waals surface area contributed by atoms with Crippen molar-refractivity contribution < 1.29 is 23.1 Å². The molecule has 19 heavy (non-hydrogen) atoms. The molecule has 0 aromatic carbocycles. The minimum absolute atomic E-state index is 0.0816. The highest BCUT2D eigenvalue weighted by Crippen LogP contribution is 2.27. The number of hydrogen-bond donors (Lipinski definition) is 2. The fraction of sp³-hybridized carbons (Fsp3) is 0.600. The van der Waals surface area contributed by atoms with Crippen molar-refractivity contribution in [2.24, 2.45) is 0 Å². The van der Waals surface area contributed by atoms with Crippen LogP contribution in [0.5, 0.6) is 0 Å². The van der Waals surface area contributed by atoms with E-state index in [4.69, 9.17) is 9.84 Å². The minimum Gasteiger partial charge on any atom is -0.476 e. The highest BCUT2D eigenvalue weighted by atomic mass is 32.2. The molecule has 1 saturated carbocycles. The van der Waals surface area contributed by atoms with Gasteiger partial charge in [0.2, 0.25) is 0 Å². The number of thiazole rings is 1. The molecule has 1 heterocycles. The molecule has 9 heteroatoms. The second-order valence-electron chi connectivity index (χ2n) is 4.16. The Morgan fingerprint density at radius 3 is 2.89 bits per heavy atom. The van der Waals surface area contributed by atoms with Gasteiger partial charge in [-0.2, -0.15) is 0 Å². The van der Waals surface area contributed by atoms with Crippen molar-refractivity contribution in [3.8, 4) is 0 Å². The Bertz CT molecular complexity index is 562. The van der Waals surface area contributed by atoms with Gasteiger partial charge in [-0.25, -0.2) is 22.9 Å². The molecule has 2 N–H and O–H groups in total. The number of carboxylic acids is 1. The maximum absolute atomic E-state index is 12.0. The molecule has 0 bridgehead atoms. The molecule has 1 fully saturated rings. The smallest absolute Gasteiger partial charge is 0.356 e. The summed E-state index contributed by atoms with van der Waals surface area (Å²) in [5, 5.41) is 8.87. The first-order chi connectivity index (χ1) is 8.94. The van der Waals surface area contributed by atoms with E-state index in [1.807, 2.05) is 6.92 Å². The molecule has 2 rings (SSSR count). The quantitative estimate of drug-likeness (QED) is 0.801. The lowest BCUT2D eigenvalue weighted by Crippen LogP contribution is -2.47. The lowest BCUT2D eigenvalue weighted by molar-refractivity contribution is -0.00476. The molecule has 0 radical (unpaired) electrons. The number of hydrogen-bond acceptors (Lipinski definition) is 6. The molecule has 106 valence electrons. The van der Waals surface area contributed by atoms with Gasteiger partial charge in [0, 0.05) is 12.6 Å². The van der Waals surface area contributed by atoms with Crippen LogP contribution >= 0.6 is 11.3 Å². The van der Waals surface area contributed by atoms with Gasteiger partial charge in [-0.3, -0.25) is 0 Å². The van der Waals surface area contributed by atoms with Gasteiger partial charge in [-0.15, -0.1) is 11.3 Å². The van der Waals surface area contributed by atoms with Crippen molar-refractivity contribution in [1.29, 1.82) is 0 Å². The number of carboxylic acid groups (broad SMARTS) is 1. The second kappa shape index (κ2) is 5.53. The van der Waals surface area contributed by atoms with Gasteiger partial charge in [0.15, 0.2) is 9.90 Å². The van der Waals surface area contributed by atoms with Gasteiger partial charge in [-0.1, -0.05) is 0 Å². The molecule has 7 nitrogen and oxygen atoms in total. The summed E-state index contributed by atoms with van der Waals surface area (Å²) in [7, 11) is -3.82. The standard InChI is InChI=1S/C10H14N2O5S2/c1-2-17-7-3-6(4-7)12-19(15,16)10-8(9(13)14)11-5-18-10/h5-7,12H,2-4H2,1H3,(H,13,14). The van der Waals surface area contributed by atoms with Crippen molar-refractivity contribution in [1.82, 2.24) is 9.71 Å². The average Bonchev–Trinajstić information content (AvgIpc) is 2.75. The molecule has 0 amide bonds. The fourth-order valence-corrected chi connectivity index (χ4v) is 4.29. The molecule has 0 unspecified atom stereocenters. The number of sulfonamides is 1. The highest BCUT2D eigenvalue weighted by Gasteiger charge is 2.35. The number of rotatable bonds is 6. The SMILES string of the molecule is CCOC1CC(NS(=O)(=O)c2scnc2C(=O)O)C1. The van der Waals surface area contributed by atoms with Crippen molar-refractivity contribution in [2.75, 3.05) is 6.61 Å². The van der Waals surface area contributed by atoms with Crippen LogP contribution in [-0.4, -0.2) is 43.2 Å². The van der Waals surface area contributed by atoms with E-state index in [9.17, 15) is 13.2 Å². The summed E-state index contributed by atoms with van der Waals surface area (Å²) >= 11 is 0.799. The molecular weight excluding hydrogens is 292 g/mol. The van der Waals surface area contributed by atoms with Crippen LogP contribution in [0.3, 0.4) is 0 Å². The Balaban J connectivity index is 2.04. The van der Waals surface area contributed by atoms with Gasteiger partial charge in [0.05, 0.1) is 11.6 Å². The monoisotopic (exact) mass is 306 g/mol. The normalized spacial score (nSPS) is 23.0. The summed E-state index contributed by atoms with van der Waals surface area (Å²) in [5.41, 5.74) is 0.778. The number of carbonyl (C=O) groups is 1. The third-order valence-electron chi connectivity index (χ3n) is 2.80. The third kappa shape index (κ3) is 3.11. The van der Waals surface area contributed by atoms with E-state index in [1.165, 1.54) is 5.51 Å². The van der Waals surface area contributed by atoms with Crippen LogP contribution in [0, 0.1) is 0 Å². The Kier molecular flexibility index (Phi) is 4.19. The summed E-state index contributed by atoms with van der Waals surface area (Å²) in [6.07, 6.45) is 1.29. The minimum atomic E-state index is -3.82. The number of nitrogens with zero attached hydrogens (tertiary/aromatic N) is 1. The summed E-state index contributed by atoms with van der Waals surface area (Å²) in [6, 6.07) is -0.203. The lowest BCUT2D eigenvalue weighted by Gasteiger charge is -2.34. The maximum atomic E-state index is 12.0. The van der Waals surface area contributed by atoms with Gasteiger partial charge >= 0.3 is 5.97 Å². The van der Waals surface area contributed by atoms with Crippen LogP contribution in [-0.2, 0) is 14.8 Å². The molecular formula is C10H14N2O5S2. The van der Waals surface area contributed by atoms with Gasteiger partial charge in [-0.05, 0) is 19.8 Å². The van der Waals surface area contributed by atoms with Crippen LogP contribution in [0.1, 0.15) is 30.3 Å². The van der Waals surface area contributed by atoms with E-state index < -0.39 is 21.7 Å². The predicted molar refractivity (Wildman–Crippen MR) is 67.8 cm³/mol. The predicted octanol–water partition coefficient (Wildman–Crippen LogP) is 0.687. The summed E-state index contributed by atoms with van der Waals surface area (Å²) in [5.74, 6) is -1.34. The topological polar surface area (TPSA) is 106 Å². The van der Waals surface area contributed by atoms with E-state index in [-0.39, 0.29) is 16.4 Å². The first-order valence-corrected chi connectivity index (χ1v) is 8.11. The molecule has 1 aliphatic rings. The molecule has 0 saturated heterocycles. The molecule has 0 atom stereocenters. The van der Waals surface area contributed by atoms with Crippen LogP contribution in [0.25, 0.3) is 0 Å². The third-order valence-corrected chi connectivity index (χ3v) is 5.69. The number of aromatic nitrogens is 1. The number of ether oxygens (including phenoxy) is 1. The Morgan fingerprint density at radius 1 is 1.63 bits per heavy atom. The first kappa shape index (κ1) is 14.4. The van der Waals surface area contributed by atoms with E-state index in [0.29, 0.717) is 19.4 Å².